The van der Waals surface area contributed by atoms with E-state index in [-0.39, 0.29) is 5.97 Å². The number of ether oxygens (including phenoxy) is 3. The number of hydrogen-bond acceptors (Lipinski definition) is 4. The van der Waals surface area contributed by atoms with Gasteiger partial charge in [0.25, 0.3) is 0 Å². The predicted octanol–water partition coefficient (Wildman–Crippen LogP) is 0.934. The Kier molecular flexibility index (Phi) is 6.21. The summed E-state index contributed by atoms with van der Waals surface area (Å²) in [5.41, 5.74) is 0.538. The molecule has 0 unspecified atom stereocenters. The molecule has 0 spiro atoms. The van der Waals surface area contributed by atoms with Crippen LogP contribution in [0, 0.1) is 0 Å². The van der Waals surface area contributed by atoms with E-state index in [1.54, 1.807) is 29.2 Å². The predicted molar refractivity (Wildman–Crippen MR) is 83.5 cm³/mol. The number of nitrogens with one attached hydrogen (secondary N) is 1. The third kappa shape index (κ3) is 5.00. The highest BCUT2D eigenvalue weighted by Gasteiger charge is 2.24. The number of carbonyl (C=O) groups excluding carboxylic acids is 1. The fourth-order valence-corrected chi connectivity index (χ4v) is 2.91. The zero-order chi connectivity index (χ0) is 15.9. The lowest BCUT2D eigenvalue weighted by molar-refractivity contribution is -0.915. The average molecular weight is 308 g/mol. The Bertz CT molecular complexity index is 464. The van der Waals surface area contributed by atoms with Crippen LogP contribution in [0.4, 0.5) is 0 Å². The second kappa shape index (κ2) is 8.15. The molecule has 1 aliphatic heterocycles. The molecule has 5 nitrogen and oxygen atoms in total. The maximum atomic E-state index is 11.3. The van der Waals surface area contributed by atoms with E-state index >= 15 is 0 Å². The Balaban J connectivity index is 1.69. The number of esters is 1. The largest absolute Gasteiger partial charge is 0.493 e. The van der Waals surface area contributed by atoms with E-state index in [0.29, 0.717) is 24.4 Å². The van der Waals surface area contributed by atoms with E-state index in [1.165, 1.54) is 7.11 Å². The van der Waals surface area contributed by atoms with Crippen LogP contribution in [0.3, 0.4) is 0 Å². The van der Waals surface area contributed by atoms with Crippen LogP contribution in [0.25, 0.3) is 0 Å². The SMILES string of the molecule is COC(=O)c1ccc(OCCC[NH+]2C[C@H](C)O[C@@H](C)C2)cc1. The molecule has 0 saturated carbocycles. The molecular weight excluding hydrogens is 282 g/mol. The van der Waals surface area contributed by atoms with E-state index in [9.17, 15) is 4.79 Å². The van der Waals surface area contributed by atoms with Gasteiger partial charge in [-0.3, -0.25) is 0 Å². The summed E-state index contributed by atoms with van der Waals surface area (Å²) >= 11 is 0. The summed E-state index contributed by atoms with van der Waals surface area (Å²) in [7, 11) is 1.38. The first kappa shape index (κ1) is 16.8. The fourth-order valence-electron chi connectivity index (χ4n) is 2.91. The van der Waals surface area contributed by atoms with Crippen LogP contribution in [0.15, 0.2) is 24.3 Å². The van der Waals surface area contributed by atoms with Gasteiger partial charge in [-0.15, -0.1) is 0 Å². The average Bonchev–Trinajstić information content (AvgIpc) is 2.50. The van der Waals surface area contributed by atoms with Gasteiger partial charge in [0.05, 0.1) is 25.8 Å². The summed E-state index contributed by atoms with van der Waals surface area (Å²) in [5, 5.41) is 0. The Morgan fingerprint density at radius 1 is 1.23 bits per heavy atom. The highest BCUT2D eigenvalue weighted by atomic mass is 16.5. The zero-order valence-electron chi connectivity index (χ0n) is 13.6. The normalized spacial score (nSPS) is 24.8. The van der Waals surface area contributed by atoms with Gasteiger partial charge in [0.15, 0.2) is 0 Å². The molecule has 5 heteroatoms. The van der Waals surface area contributed by atoms with E-state index in [2.05, 4.69) is 18.6 Å². The van der Waals surface area contributed by atoms with E-state index in [1.807, 2.05) is 0 Å². The Morgan fingerprint density at radius 2 is 1.86 bits per heavy atom. The fraction of sp³-hybridized carbons (Fsp3) is 0.588. The van der Waals surface area contributed by atoms with E-state index in [0.717, 1.165) is 31.8 Å². The van der Waals surface area contributed by atoms with Crippen molar-refractivity contribution in [2.75, 3.05) is 33.4 Å². The van der Waals surface area contributed by atoms with Crippen molar-refractivity contribution in [1.82, 2.24) is 0 Å². The highest BCUT2D eigenvalue weighted by Crippen LogP contribution is 2.12. The molecule has 1 fully saturated rings. The van der Waals surface area contributed by atoms with Crippen LogP contribution >= 0.6 is 0 Å². The molecule has 1 aromatic rings. The molecular formula is C17H26NO4+. The molecule has 1 saturated heterocycles. The van der Waals surface area contributed by atoms with Crippen LogP contribution in [-0.4, -0.2) is 51.5 Å². The molecule has 122 valence electrons. The first-order valence-electron chi connectivity index (χ1n) is 7.88. The van der Waals surface area contributed by atoms with Crippen LogP contribution in [0.1, 0.15) is 30.6 Å². The Hall–Kier alpha value is -1.59. The molecule has 0 radical (unpaired) electrons. The first-order chi connectivity index (χ1) is 10.6. The summed E-state index contributed by atoms with van der Waals surface area (Å²) in [6.45, 7) is 8.18. The topological polar surface area (TPSA) is 49.2 Å². The zero-order valence-corrected chi connectivity index (χ0v) is 13.6. The third-order valence-electron chi connectivity index (χ3n) is 3.84. The van der Waals surface area contributed by atoms with Crippen LogP contribution in [-0.2, 0) is 9.47 Å². The van der Waals surface area contributed by atoms with Crippen LogP contribution in [0.5, 0.6) is 5.75 Å². The van der Waals surface area contributed by atoms with Gasteiger partial charge in [-0.05, 0) is 38.1 Å². The lowest BCUT2D eigenvalue weighted by Gasteiger charge is -2.32. The summed E-state index contributed by atoms with van der Waals surface area (Å²) < 4.78 is 16.1. The number of hydrogen-bond donors (Lipinski definition) is 1. The van der Waals surface area contributed by atoms with Crippen molar-refractivity contribution < 1.29 is 23.9 Å². The van der Waals surface area contributed by atoms with Gasteiger partial charge in [-0.25, -0.2) is 4.79 Å². The Morgan fingerprint density at radius 3 is 2.45 bits per heavy atom. The van der Waals surface area contributed by atoms with Crippen molar-refractivity contribution in [3.05, 3.63) is 29.8 Å². The molecule has 22 heavy (non-hydrogen) atoms. The number of quaternary nitrogens is 1. The van der Waals surface area contributed by atoms with E-state index in [4.69, 9.17) is 9.47 Å². The standard InChI is InChI=1S/C17H25NO4/c1-13-11-18(12-14(2)22-13)9-4-10-21-16-7-5-15(6-8-16)17(19)20-3/h5-8,13-14H,4,9-12H2,1-3H3/p+1/t13-,14-/m0/s1. The second-order valence-corrected chi connectivity index (χ2v) is 5.88. The lowest BCUT2D eigenvalue weighted by atomic mass is 10.2. The third-order valence-corrected chi connectivity index (χ3v) is 3.84. The number of benzene rings is 1. The van der Waals surface area contributed by atoms with Crippen LogP contribution in [0.2, 0.25) is 0 Å². The van der Waals surface area contributed by atoms with Gasteiger partial charge in [-0.1, -0.05) is 0 Å². The minimum absolute atomic E-state index is 0.328. The molecule has 0 amide bonds. The minimum Gasteiger partial charge on any atom is -0.493 e. The molecule has 0 aromatic heterocycles. The smallest absolute Gasteiger partial charge is 0.337 e. The molecule has 0 aliphatic carbocycles. The molecule has 0 bridgehead atoms. The maximum Gasteiger partial charge on any atom is 0.337 e. The van der Waals surface area contributed by atoms with Gasteiger partial charge in [0, 0.05) is 6.42 Å². The van der Waals surface area contributed by atoms with Crippen LogP contribution < -0.4 is 9.64 Å². The van der Waals surface area contributed by atoms with Crippen molar-refractivity contribution >= 4 is 5.97 Å². The van der Waals surface area contributed by atoms with Gasteiger partial charge >= 0.3 is 5.97 Å². The summed E-state index contributed by atoms with van der Waals surface area (Å²) in [5.74, 6) is 0.456. The van der Waals surface area contributed by atoms with Crippen molar-refractivity contribution in [2.45, 2.75) is 32.5 Å². The molecule has 1 aromatic carbocycles. The van der Waals surface area contributed by atoms with Gasteiger partial charge < -0.3 is 19.1 Å². The van der Waals surface area contributed by atoms with Crippen molar-refractivity contribution in [3.8, 4) is 5.75 Å². The number of morpholine rings is 1. The Labute approximate surface area is 132 Å². The summed E-state index contributed by atoms with van der Waals surface area (Å²) in [6, 6.07) is 7.05. The van der Waals surface area contributed by atoms with E-state index < -0.39 is 0 Å². The lowest BCUT2D eigenvalue weighted by Crippen LogP contribution is -3.15. The highest BCUT2D eigenvalue weighted by molar-refractivity contribution is 5.89. The quantitative estimate of drug-likeness (QED) is 0.627. The van der Waals surface area contributed by atoms with Crippen molar-refractivity contribution in [1.29, 1.82) is 0 Å². The monoisotopic (exact) mass is 308 g/mol. The maximum absolute atomic E-state index is 11.3. The number of rotatable bonds is 6. The first-order valence-corrected chi connectivity index (χ1v) is 7.88. The second-order valence-electron chi connectivity index (χ2n) is 5.88. The van der Waals surface area contributed by atoms with Gasteiger partial charge in [0.2, 0.25) is 0 Å². The van der Waals surface area contributed by atoms with Crippen molar-refractivity contribution in [3.63, 3.8) is 0 Å². The van der Waals surface area contributed by atoms with Gasteiger partial charge in [-0.2, -0.15) is 0 Å². The van der Waals surface area contributed by atoms with Gasteiger partial charge in [0.1, 0.15) is 31.0 Å². The molecule has 1 aliphatic rings. The minimum atomic E-state index is -0.328. The van der Waals surface area contributed by atoms with Crippen molar-refractivity contribution in [2.24, 2.45) is 0 Å². The molecule has 1 heterocycles. The molecule has 2 rings (SSSR count). The summed E-state index contributed by atoms with van der Waals surface area (Å²) in [4.78, 5) is 12.9. The molecule has 1 N–H and O–H groups in total. The number of methoxy groups -OCH3 is 1. The molecule has 2 atom stereocenters. The summed E-state index contributed by atoms with van der Waals surface area (Å²) in [6.07, 6.45) is 1.68. The number of carbonyl (C=O) groups is 1.